The quantitative estimate of drug-likeness (QED) is 0.790. The number of hydrogen-bond acceptors (Lipinski definition) is 3. The summed E-state index contributed by atoms with van der Waals surface area (Å²) in [5.74, 6) is 0. The van der Waals surface area contributed by atoms with Crippen LogP contribution in [-0.2, 0) is 5.54 Å². The van der Waals surface area contributed by atoms with Crippen molar-refractivity contribution in [3.8, 4) is 11.3 Å². The van der Waals surface area contributed by atoms with E-state index in [4.69, 9.17) is 0 Å². The van der Waals surface area contributed by atoms with Gasteiger partial charge in [-0.1, -0.05) is 13.3 Å². The van der Waals surface area contributed by atoms with Crippen LogP contribution in [0.3, 0.4) is 0 Å². The zero-order valence-electron chi connectivity index (χ0n) is 12.1. The fourth-order valence-corrected chi connectivity index (χ4v) is 2.60. The fourth-order valence-electron chi connectivity index (χ4n) is 2.60. The van der Waals surface area contributed by atoms with Crippen LogP contribution in [-0.4, -0.2) is 24.7 Å². The number of aromatic nitrogens is 5. The maximum atomic E-state index is 4.52. The first kappa shape index (κ1) is 12.8. The summed E-state index contributed by atoms with van der Waals surface area (Å²) in [4.78, 5) is 11.7. The monoisotopic (exact) mass is 269 g/mol. The van der Waals surface area contributed by atoms with Gasteiger partial charge in [0.1, 0.15) is 12.0 Å². The van der Waals surface area contributed by atoms with Gasteiger partial charge in [0.05, 0.1) is 17.4 Å². The third-order valence-corrected chi connectivity index (χ3v) is 3.69. The van der Waals surface area contributed by atoms with Crippen molar-refractivity contribution in [2.24, 2.45) is 0 Å². The van der Waals surface area contributed by atoms with Crippen LogP contribution in [0.25, 0.3) is 22.3 Å². The standard InChI is InChI=1S/C15H19N5/c1-4-6-15(2,3)20-9-11(8-19-20)13-12-5-7-16-14(12)18-10-17-13/h5,7-10H,4,6H2,1-3H3,(H,16,17,18). The van der Waals surface area contributed by atoms with E-state index in [1.165, 1.54) is 0 Å². The molecule has 3 aromatic rings. The molecule has 0 aliphatic carbocycles. The van der Waals surface area contributed by atoms with Crippen LogP contribution in [0.15, 0.2) is 31.0 Å². The van der Waals surface area contributed by atoms with Crippen molar-refractivity contribution < 1.29 is 0 Å². The highest BCUT2D eigenvalue weighted by atomic mass is 15.3. The molecule has 0 spiro atoms. The lowest BCUT2D eigenvalue weighted by Gasteiger charge is -2.24. The van der Waals surface area contributed by atoms with E-state index in [1.54, 1.807) is 6.33 Å². The molecule has 3 rings (SSSR count). The van der Waals surface area contributed by atoms with E-state index < -0.39 is 0 Å². The predicted octanol–water partition coefficient (Wildman–Crippen LogP) is 3.36. The molecule has 3 aromatic heterocycles. The van der Waals surface area contributed by atoms with Gasteiger partial charge in [0.25, 0.3) is 0 Å². The van der Waals surface area contributed by atoms with Gasteiger partial charge in [0.2, 0.25) is 0 Å². The highest BCUT2D eigenvalue weighted by Gasteiger charge is 2.21. The summed E-state index contributed by atoms with van der Waals surface area (Å²) in [5.41, 5.74) is 2.84. The second kappa shape index (κ2) is 4.74. The summed E-state index contributed by atoms with van der Waals surface area (Å²) < 4.78 is 2.03. The smallest absolute Gasteiger partial charge is 0.141 e. The average Bonchev–Trinajstić information content (AvgIpc) is 3.07. The molecule has 0 radical (unpaired) electrons. The molecule has 0 aromatic carbocycles. The van der Waals surface area contributed by atoms with Gasteiger partial charge in [0.15, 0.2) is 0 Å². The molecular weight excluding hydrogens is 250 g/mol. The minimum atomic E-state index is 0.0251. The maximum absolute atomic E-state index is 4.52. The van der Waals surface area contributed by atoms with Crippen LogP contribution in [0.5, 0.6) is 0 Å². The van der Waals surface area contributed by atoms with Crippen molar-refractivity contribution in [3.63, 3.8) is 0 Å². The molecule has 0 saturated carbocycles. The minimum absolute atomic E-state index is 0.0251. The van der Waals surface area contributed by atoms with Crippen LogP contribution in [0.4, 0.5) is 0 Å². The number of rotatable bonds is 4. The first-order valence-corrected chi connectivity index (χ1v) is 6.95. The summed E-state index contributed by atoms with van der Waals surface area (Å²) in [6.45, 7) is 6.61. The highest BCUT2D eigenvalue weighted by Crippen LogP contribution is 2.27. The van der Waals surface area contributed by atoms with Crippen molar-refractivity contribution in [2.75, 3.05) is 0 Å². The molecule has 0 saturated heterocycles. The number of nitrogens with zero attached hydrogens (tertiary/aromatic N) is 4. The molecule has 5 heteroatoms. The molecule has 0 fully saturated rings. The van der Waals surface area contributed by atoms with Crippen LogP contribution < -0.4 is 0 Å². The lowest BCUT2D eigenvalue weighted by atomic mass is 9.99. The zero-order chi connectivity index (χ0) is 14.2. The molecule has 104 valence electrons. The molecule has 1 N–H and O–H groups in total. The maximum Gasteiger partial charge on any atom is 0.141 e. The van der Waals surface area contributed by atoms with Gasteiger partial charge >= 0.3 is 0 Å². The molecular formula is C15H19N5. The Hall–Kier alpha value is -2.17. The molecule has 0 aliphatic rings. The Bertz CT molecular complexity index is 723. The van der Waals surface area contributed by atoms with Crippen LogP contribution in [0.2, 0.25) is 0 Å². The lowest BCUT2D eigenvalue weighted by molar-refractivity contribution is 0.292. The van der Waals surface area contributed by atoms with E-state index in [1.807, 2.05) is 23.1 Å². The first-order valence-electron chi connectivity index (χ1n) is 6.95. The van der Waals surface area contributed by atoms with Gasteiger partial charge in [-0.2, -0.15) is 5.10 Å². The van der Waals surface area contributed by atoms with Gasteiger partial charge in [-0.25, -0.2) is 9.97 Å². The Morgan fingerprint density at radius 2 is 2.15 bits per heavy atom. The lowest BCUT2D eigenvalue weighted by Crippen LogP contribution is -2.26. The Kier molecular flexibility index (Phi) is 3.04. The SMILES string of the molecule is CCCC(C)(C)n1cc(-c2ncnc3[nH]ccc23)cn1. The first-order chi connectivity index (χ1) is 9.62. The summed E-state index contributed by atoms with van der Waals surface area (Å²) in [7, 11) is 0. The zero-order valence-corrected chi connectivity index (χ0v) is 12.1. The Morgan fingerprint density at radius 3 is 2.95 bits per heavy atom. The molecule has 0 atom stereocenters. The van der Waals surface area contributed by atoms with E-state index in [0.717, 1.165) is 35.1 Å². The third kappa shape index (κ3) is 2.09. The van der Waals surface area contributed by atoms with Gasteiger partial charge in [-0.15, -0.1) is 0 Å². The molecule has 0 bridgehead atoms. The van der Waals surface area contributed by atoms with Crippen molar-refractivity contribution in [1.82, 2.24) is 24.7 Å². The normalized spacial score (nSPS) is 12.2. The number of nitrogens with one attached hydrogen (secondary N) is 1. The summed E-state index contributed by atoms with van der Waals surface area (Å²) in [5, 5.41) is 5.55. The predicted molar refractivity (Wildman–Crippen MR) is 79.3 cm³/mol. The second-order valence-corrected chi connectivity index (χ2v) is 5.70. The average molecular weight is 269 g/mol. The highest BCUT2D eigenvalue weighted by molar-refractivity contribution is 5.89. The van der Waals surface area contributed by atoms with E-state index >= 15 is 0 Å². The minimum Gasteiger partial charge on any atom is -0.346 e. The Labute approximate surface area is 118 Å². The fraction of sp³-hybridized carbons (Fsp3) is 0.400. The largest absolute Gasteiger partial charge is 0.346 e. The van der Waals surface area contributed by atoms with Crippen molar-refractivity contribution in [1.29, 1.82) is 0 Å². The van der Waals surface area contributed by atoms with Crippen molar-refractivity contribution in [2.45, 2.75) is 39.2 Å². The van der Waals surface area contributed by atoms with Crippen molar-refractivity contribution in [3.05, 3.63) is 31.0 Å². The number of aromatic amines is 1. The number of hydrogen-bond donors (Lipinski definition) is 1. The number of fused-ring (bicyclic) bond motifs is 1. The molecule has 20 heavy (non-hydrogen) atoms. The van der Waals surface area contributed by atoms with Gasteiger partial charge < -0.3 is 4.98 Å². The van der Waals surface area contributed by atoms with E-state index in [-0.39, 0.29) is 5.54 Å². The summed E-state index contributed by atoms with van der Waals surface area (Å²) >= 11 is 0. The second-order valence-electron chi connectivity index (χ2n) is 5.70. The van der Waals surface area contributed by atoms with Gasteiger partial charge in [-0.05, 0) is 26.3 Å². The van der Waals surface area contributed by atoms with Crippen molar-refractivity contribution >= 4 is 11.0 Å². The molecule has 0 aliphatic heterocycles. The summed E-state index contributed by atoms with van der Waals surface area (Å²) in [6, 6.07) is 2.00. The van der Waals surface area contributed by atoms with Crippen LogP contribution in [0, 0.1) is 0 Å². The third-order valence-electron chi connectivity index (χ3n) is 3.69. The summed E-state index contributed by atoms with van der Waals surface area (Å²) in [6.07, 6.45) is 9.66. The van der Waals surface area contributed by atoms with E-state index in [9.17, 15) is 0 Å². The molecule has 3 heterocycles. The van der Waals surface area contributed by atoms with E-state index in [2.05, 4.69) is 47.0 Å². The number of H-pyrrole nitrogens is 1. The van der Waals surface area contributed by atoms with Crippen LogP contribution in [0.1, 0.15) is 33.6 Å². The van der Waals surface area contributed by atoms with Crippen LogP contribution >= 0.6 is 0 Å². The topological polar surface area (TPSA) is 59.4 Å². The molecule has 0 unspecified atom stereocenters. The van der Waals surface area contributed by atoms with E-state index in [0.29, 0.717) is 0 Å². The Morgan fingerprint density at radius 1 is 1.30 bits per heavy atom. The molecule has 5 nitrogen and oxygen atoms in total. The Balaban J connectivity index is 2.04. The van der Waals surface area contributed by atoms with Gasteiger partial charge in [-0.3, -0.25) is 4.68 Å². The molecule has 0 amide bonds. The van der Waals surface area contributed by atoms with Gasteiger partial charge in [0, 0.05) is 23.3 Å².